The molecule has 0 saturated carbocycles. The number of rotatable bonds is 5. The van der Waals surface area contributed by atoms with Gasteiger partial charge in [0.1, 0.15) is 0 Å². The maximum atomic E-state index is 7.49. The van der Waals surface area contributed by atoms with Crippen LogP contribution in [0.1, 0.15) is 5.69 Å². The molecule has 0 spiro atoms. The molecular formula is C9H21Cl3N6. The maximum Gasteiger partial charge on any atom is 0.190 e. The smallest absolute Gasteiger partial charge is 0.190 e. The molecule has 4 N–H and O–H groups in total. The topological polar surface area (TPSA) is 79.8 Å². The summed E-state index contributed by atoms with van der Waals surface area (Å²) in [5, 5.41) is 20.5. The fraction of sp³-hybridized carbons (Fsp3) is 0.556. The quantitative estimate of drug-likeness (QED) is 0.368. The lowest BCUT2D eigenvalue weighted by Crippen LogP contribution is -2.38. The number of H-pyrrole nitrogens is 1. The van der Waals surface area contributed by atoms with Gasteiger partial charge in [-0.1, -0.05) is 0 Å². The minimum atomic E-state index is 0. The van der Waals surface area contributed by atoms with Gasteiger partial charge in [0, 0.05) is 39.9 Å². The van der Waals surface area contributed by atoms with Crippen molar-refractivity contribution in [2.45, 2.75) is 6.54 Å². The van der Waals surface area contributed by atoms with Crippen LogP contribution in [0.5, 0.6) is 0 Å². The van der Waals surface area contributed by atoms with Gasteiger partial charge >= 0.3 is 0 Å². The Labute approximate surface area is 126 Å². The summed E-state index contributed by atoms with van der Waals surface area (Å²) in [6, 6.07) is 1.93. The first-order valence-electron chi connectivity index (χ1n) is 4.89. The van der Waals surface area contributed by atoms with Crippen molar-refractivity contribution in [1.29, 1.82) is 5.41 Å². The monoisotopic (exact) mass is 318 g/mol. The number of hydrogen-bond donors (Lipinski definition) is 4. The Balaban J connectivity index is -0.000000750. The predicted molar refractivity (Wildman–Crippen MR) is 81.5 cm³/mol. The normalized spacial score (nSPS) is 8.33. The molecule has 0 bridgehead atoms. The van der Waals surface area contributed by atoms with Gasteiger partial charge < -0.3 is 15.5 Å². The van der Waals surface area contributed by atoms with Gasteiger partial charge in [0.25, 0.3) is 0 Å². The van der Waals surface area contributed by atoms with Crippen molar-refractivity contribution in [3.8, 4) is 0 Å². The highest BCUT2D eigenvalue weighted by Gasteiger charge is 1.97. The molecule has 0 aliphatic carbocycles. The number of aromatic nitrogens is 2. The minimum Gasteiger partial charge on any atom is -0.355 e. The van der Waals surface area contributed by atoms with E-state index in [1.54, 1.807) is 11.1 Å². The van der Waals surface area contributed by atoms with Crippen LogP contribution in [0.2, 0.25) is 0 Å². The fourth-order valence-corrected chi connectivity index (χ4v) is 1.03. The number of nitrogens with one attached hydrogen (secondary N) is 4. The first-order valence-corrected chi connectivity index (χ1v) is 4.89. The highest BCUT2D eigenvalue weighted by molar-refractivity contribution is 5.86. The molecule has 1 aromatic rings. The molecule has 1 rings (SSSR count). The second kappa shape index (κ2) is 12.8. The average molecular weight is 320 g/mol. The Kier molecular flexibility index (Phi) is 15.9. The molecular weight excluding hydrogens is 298 g/mol. The average Bonchev–Trinajstić information content (AvgIpc) is 2.69. The van der Waals surface area contributed by atoms with Crippen LogP contribution >= 0.6 is 37.2 Å². The van der Waals surface area contributed by atoms with Gasteiger partial charge in [-0.05, 0) is 6.07 Å². The van der Waals surface area contributed by atoms with Gasteiger partial charge in [0.05, 0.1) is 5.69 Å². The van der Waals surface area contributed by atoms with E-state index in [4.69, 9.17) is 5.41 Å². The molecule has 6 nitrogen and oxygen atoms in total. The molecule has 0 fully saturated rings. The number of halogens is 3. The second-order valence-electron chi connectivity index (χ2n) is 3.41. The Morgan fingerprint density at radius 3 is 2.50 bits per heavy atom. The van der Waals surface area contributed by atoms with Crippen LogP contribution in [0, 0.1) is 5.41 Å². The predicted octanol–water partition coefficient (Wildman–Crippen LogP) is 0.851. The first-order chi connectivity index (χ1) is 7.20. The zero-order chi connectivity index (χ0) is 11.1. The van der Waals surface area contributed by atoms with Gasteiger partial charge in [0.15, 0.2) is 5.96 Å². The van der Waals surface area contributed by atoms with Gasteiger partial charge in [-0.25, -0.2) is 0 Å². The molecule has 9 heteroatoms. The van der Waals surface area contributed by atoms with Crippen molar-refractivity contribution in [3.63, 3.8) is 0 Å². The molecule has 0 unspecified atom stereocenters. The van der Waals surface area contributed by atoms with Crippen LogP contribution in [-0.2, 0) is 6.54 Å². The molecule has 0 aliphatic rings. The van der Waals surface area contributed by atoms with Crippen LogP contribution in [0.15, 0.2) is 12.3 Å². The van der Waals surface area contributed by atoms with E-state index in [-0.39, 0.29) is 37.2 Å². The SMILES string of the molecule is CN(C)C(=N)NCCNCc1cc[nH]n1.Cl.Cl.Cl. The van der Waals surface area contributed by atoms with E-state index in [0.29, 0.717) is 5.96 Å². The van der Waals surface area contributed by atoms with E-state index >= 15 is 0 Å². The summed E-state index contributed by atoms with van der Waals surface area (Å²) < 4.78 is 0. The zero-order valence-corrected chi connectivity index (χ0v) is 12.8. The summed E-state index contributed by atoms with van der Waals surface area (Å²) in [6.45, 7) is 2.30. The summed E-state index contributed by atoms with van der Waals surface area (Å²) in [5.41, 5.74) is 0.998. The zero-order valence-electron chi connectivity index (χ0n) is 10.4. The Hall–Kier alpha value is -0.690. The van der Waals surface area contributed by atoms with E-state index in [0.717, 1.165) is 25.3 Å². The molecule has 1 heterocycles. The van der Waals surface area contributed by atoms with E-state index in [1.807, 2.05) is 20.2 Å². The second-order valence-corrected chi connectivity index (χ2v) is 3.41. The highest BCUT2D eigenvalue weighted by atomic mass is 35.5. The van der Waals surface area contributed by atoms with Crippen LogP contribution in [-0.4, -0.2) is 48.2 Å². The summed E-state index contributed by atoms with van der Waals surface area (Å²) in [7, 11) is 3.68. The highest BCUT2D eigenvalue weighted by Crippen LogP contribution is 1.88. The lowest BCUT2D eigenvalue weighted by Gasteiger charge is -2.15. The molecule has 0 radical (unpaired) electrons. The van der Waals surface area contributed by atoms with Crippen molar-refractivity contribution in [2.24, 2.45) is 0 Å². The van der Waals surface area contributed by atoms with Crippen LogP contribution in [0.25, 0.3) is 0 Å². The van der Waals surface area contributed by atoms with Crippen LogP contribution < -0.4 is 10.6 Å². The molecule has 0 aromatic carbocycles. The van der Waals surface area contributed by atoms with Crippen molar-refractivity contribution in [3.05, 3.63) is 18.0 Å². The summed E-state index contributed by atoms with van der Waals surface area (Å²) in [6.07, 6.45) is 1.80. The lowest BCUT2D eigenvalue weighted by molar-refractivity contribution is 0.568. The Morgan fingerprint density at radius 2 is 2.00 bits per heavy atom. The largest absolute Gasteiger partial charge is 0.355 e. The van der Waals surface area contributed by atoms with E-state index < -0.39 is 0 Å². The molecule has 18 heavy (non-hydrogen) atoms. The number of nitrogens with zero attached hydrogens (tertiary/aromatic N) is 2. The standard InChI is InChI=1S/C9H18N6.3ClH/c1-15(2)9(10)12-6-5-11-7-8-3-4-13-14-8;;;/h3-4,11H,5-7H2,1-2H3,(H2,10,12)(H,13,14);3*1H. The van der Waals surface area contributed by atoms with Gasteiger partial charge in [-0.2, -0.15) is 5.10 Å². The molecule has 0 amide bonds. The molecule has 1 aromatic heterocycles. The van der Waals surface area contributed by atoms with Crippen LogP contribution in [0.4, 0.5) is 0 Å². The molecule has 0 saturated heterocycles. The van der Waals surface area contributed by atoms with E-state index in [1.165, 1.54) is 0 Å². The third-order valence-electron chi connectivity index (χ3n) is 1.91. The van der Waals surface area contributed by atoms with Gasteiger partial charge in [-0.3, -0.25) is 10.5 Å². The van der Waals surface area contributed by atoms with Crippen molar-refractivity contribution in [2.75, 3.05) is 27.2 Å². The Morgan fingerprint density at radius 1 is 1.33 bits per heavy atom. The van der Waals surface area contributed by atoms with Gasteiger partial charge in [0.2, 0.25) is 0 Å². The first kappa shape index (κ1) is 22.5. The number of aromatic amines is 1. The summed E-state index contributed by atoms with van der Waals surface area (Å²) in [5.74, 6) is 0.427. The van der Waals surface area contributed by atoms with Gasteiger partial charge in [-0.15, -0.1) is 37.2 Å². The summed E-state index contributed by atoms with van der Waals surface area (Å²) in [4.78, 5) is 1.73. The molecule has 108 valence electrons. The number of guanidine groups is 1. The Bertz CT molecular complexity index is 291. The van der Waals surface area contributed by atoms with E-state index in [2.05, 4.69) is 20.8 Å². The molecule has 0 atom stereocenters. The minimum absolute atomic E-state index is 0. The molecule has 0 aliphatic heterocycles. The van der Waals surface area contributed by atoms with Crippen molar-refractivity contribution >= 4 is 43.2 Å². The van der Waals surface area contributed by atoms with Crippen molar-refractivity contribution < 1.29 is 0 Å². The van der Waals surface area contributed by atoms with Crippen LogP contribution in [0.3, 0.4) is 0 Å². The fourth-order valence-electron chi connectivity index (χ4n) is 1.03. The number of hydrogen-bond acceptors (Lipinski definition) is 3. The maximum absolute atomic E-state index is 7.49. The summed E-state index contributed by atoms with van der Waals surface area (Å²) >= 11 is 0. The third kappa shape index (κ3) is 9.35. The lowest BCUT2D eigenvalue weighted by atomic mass is 10.4. The van der Waals surface area contributed by atoms with E-state index in [9.17, 15) is 0 Å². The third-order valence-corrected chi connectivity index (χ3v) is 1.91. The van der Waals surface area contributed by atoms with Crippen molar-refractivity contribution in [1.82, 2.24) is 25.7 Å².